The number of hydrogen-bond donors (Lipinski definition) is 1. The molecule has 0 aromatic heterocycles. The molecule has 0 saturated carbocycles. The van der Waals surface area contributed by atoms with Crippen LogP contribution in [0.1, 0.15) is 18.0 Å². The third kappa shape index (κ3) is 4.28. The lowest BCUT2D eigenvalue weighted by atomic mass is 9.99. The molecule has 1 N–H and O–H groups in total. The smallest absolute Gasteiger partial charge is 0.240 e. The van der Waals surface area contributed by atoms with Gasteiger partial charge < -0.3 is 5.32 Å². The molecule has 0 radical (unpaired) electrons. The molecule has 0 unspecified atom stereocenters. The van der Waals surface area contributed by atoms with Gasteiger partial charge in [-0.1, -0.05) is 0 Å². The molecule has 1 aromatic carbocycles. The fourth-order valence-electron chi connectivity index (χ4n) is 2.46. The van der Waals surface area contributed by atoms with E-state index in [4.69, 9.17) is 0 Å². The van der Waals surface area contributed by atoms with Crippen LogP contribution in [-0.2, 0) is 0 Å². The standard InChI is InChI=1S/C13H15F5N2.ClH/c14-8-1-2-9(15)13(18)12(8)10(7-11(16)17)20-5-3-19-4-6-20;/h1-2,10-11,19H,3-7H2;1H/t10-;/m1./s1. The Morgan fingerprint density at radius 1 is 1.05 bits per heavy atom. The molecular weight excluding hydrogens is 315 g/mol. The van der Waals surface area contributed by atoms with Crippen LogP contribution in [0.2, 0.25) is 0 Å². The van der Waals surface area contributed by atoms with Gasteiger partial charge in [-0.2, -0.15) is 0 Å². The Bertz CT molecular complexity index is 466. The van der Waals surface area contributed by atoms with Gasteiger partial charge in [0.25, 0.3) is 0 Å². The SMILES string of the molecule is Cl.Fc1ccc(F)c([C@@H](CC(F)F)N2CCNCC2)c1F. The molecule has 1 aromatic rings. The molecule has 1 heterocycles. The van der Waals surface area contributed by atoms with Gasteiger partial charge in [-0.15, -0.1) is 12.4 Å². The van der Waals surface area contributed by atoms with E-state index in [1.165, 1.54) is 0 Å². The van der Waals surface area contributed by atoms with Crippen LogP contribution >= 0.6 is 12.4 Å². The molecule has 0 aliphatic carbocycles. The normalized spacial score (nSPS) is 17.6. The minimum absolute atomic E-state index is 0. The van der Waals surface area contributed by atoms with Gasteiger partial charge in [0, 0.05) is 44.2 Å². The fourth-order valence-corrected chi connectivity index (χ4v) is 2.46. The van der Waals surface area contributed by atoms with Crippen molar-refractivity contribution in [1.29, 1.82) is 0 Å². The zero-order valence-electron chi connectivity index (χ0n) is 11.1. The Morgan fingerprint density at radius 3 is 2.19 bits per heavy atom. The van der Waals surface area contributed by atoms with Crippen molar-refractivity contribution in [3.63, 3.8) is 0 Å². The van der Waals surface area contributed by atoms with Crippen LogP contribution in [0.15, 0.2) is 12.1 Å². The van der Waals surface area contributed by atoms with Crippen molar-refractivity contribution in [2.75, 3.05) is 26.2 Å². The minimum Gasteiger partial charge on any atom is -0.314 e. The number of rotatable bonds is 4. The topological polar surface area (TPSA) is 15.3 Å². The summed E-state index contributed by atoms with van der Waals surface area (Å²) in [5, 5.41) is 3.02. The fraction of sp³-hybridized carbons (Fsp3) is 0.538. The van der Waals surface area contributed by atoms with Crippen LogP contribution < -0.4 is 5.32 Å². The number of halogens is 6. The van der Waals surface area contributed by atoms with E-state index < -0.39 is 41.9 Å². The highest BCUT2D eigenvalue weighted by atomic mass is 35.5. The van der Waals surface area contributed by atoms with E-state index in [1.54, 1.807) is 4.90 Å². The molecule has 1 fully saturated rings. The van der Waals surface area contributed by atoms with Crippen LogP contribution in [-0.4, -0.2) is 37.5 Å². The largest absolute Gasteiger partial charge is 0.314 e. The maximum Gasteiger partial charge on any atom is 0.240 e. The van der Waals surface area contributed by atoms with Crippen molar-refractivity contribution >= 4 is 12.4 Å². The third-order valence-electron chi connectivity index (χ3n) is 3.41. The highest BCUT2D eigenvalue weighted by Gasteiger charge is 2.31. The summed E-state index contributed by atoms with van der Waals surface area (Å²) >= 11 is 0. The summed E-state index contributed by atoms with van der Waals surface area (Å²) in [5.74, 6) is -3.60. The molecule has 1 aliphatic heterocycles. The third-order valence-corrected chi connectivity index (χ3v) is 3.41. The first-order chi connectivity index (χ1) is 9.50. The summed E-state index contributed by atoms with van der Waals surface area (Å²) in [4.78, 5) is 1.56. The van der Waals surface area contributed by atoms with Crippen LogP contribution in [0.25, 0.3) is 0 Å². The van der Waals surface area contributed by atoms with Crippen LogP contribution in [0.3, 0.4) is 0 Å². The predicted molar refractivity (Wildman–Crippen MR) is 71.4 cm³/mol. The lowest BCUT2D eigenvalue weighted by Gasteiger charge is -2.35. The molecule has 2 nitrogen and oxygen atoms in total. The van der Waals surface area contributed by atoms with E-state index >= 15 is 0 Å². The molecule has 21 heavy (non-hydrogen) atoms. The molecule has 1 atom stereocenters. The number of benzene rings is 1. The average Bonchev–Trinajstić information content (AvgIpc) is 2.43. The summed E-state index contributed by atoms with van der Waals surface area (Å²) in [6.07, 6.45) is -3.45. The van der Waals surface area contributed by atoms with E-state index in [-0.39, 0.29) is 12.4 Å². The molecule has 120 valence electrons. The molecule has 2 rings (SSSR count). The van der Waals surface area contributed by atoms with Crippen molar-refractivity contribution in [2.24, 2.45) is 0 Å². The van der Waals surface area contributed by atoms with Crippen LogP contribution in [0, 0.1) is 17.5 Å². The van der Waals surface area contributed by atoms with Crippen molar-refractivity contribution in [3.8, 4) is 0 Å². The highest BCUT2D eigenvalue weighted by Crippen LogP contribution is 2.32. The predicted octanol–water partition coefficient (Wildman–Crippen LogP) is 3.13. The van der Waals surface area contributed by atoms with Gasteiger partial charge in [-0.05, 0) is 12.1 Å². The zero-order valence-corrected chi connectivity index (χ0v) is 11.9. The maximum atomic E-state index is 13.8. The van der Waals surface area contributed by atoms with E-state index in [0.717, 1.165) is 6.07 Å². The summed E-state index contributed by atoms with van der Waals surface area (Å²) in [6, 6.07) is 0.271. The van der Waals surface area contributed by atoms with Gasteiger partial charge in [0.2, 0.25) is 6.43 Å². The summed E-state index contributed by atoms with van der Waals surface area (Å²) in [6.45, 7) is 1.84. The van der Waals surface area contributed by atoms with Crippen molar-refractivity contribution in [2.45, 2.75) is 18.9 Å². The van der Waals surface area contributed by atoms with E-state index in [0.29, 0.717) is 32.2 Å². The second kappa shape index (κ2) is 7.91. The molecule has 1 aliphatic rings. The quantitative estimate of drug-likeness (QED) is 0.674. The van der Waals surface area contributed by atoms with Crippen molar-refractivity contribution in [1.82, 2.24) is 10.2 Å². The monoisotopic (exact) mass is 330 g/mol. The first-order valence-corrected chi connectivity index (χ1v) is 6.37. The first kappa shape index (κ1) is 18.1. The van der Waals surface area contributed by atoms with E-state index in [1.807, 2.05) is 0 Å². The Hall–Kier alpha value is -0.920. The lowest BCUT2D eigenvalue weighted by molar-refractivity contribution is 0.0706. The number of piperazine rings is 1. The molecule has 0 bridgehead atoms. The first-order valence-electron chi connectivity index (χ1n) is 6.37. The Kier molecular flexibility index (Phi) is 6.83. The number of nitrogens with one attached hydrogen (secondary N) is 1. The second-order valence-electron chi connectivity index (χ2n) is 4.69. The maximum absolute atomic E-state index is 13.8. The van der Waals surface area contributed by atoms with Gasteiger partial charge in [0.1, 0.15) is 5.82 Å². The molecular formula is C13H16ClF5N2. The lowest BCUT2D eigenvalue weighted by Crippen LogP contribution is -2.46. The average molecular weight is 331 g/mol. The van der Waals surface area contributed by atoms with Gasteiger partial charge in [0.05, 0.1) is 0 Å². The van der Waals surface area contributed by atoms with E-state index in [9.17, 15) is 22.0 Å². The van der Waals surface area contributed by atoms with E-state index in [2.05, 4.69) is 5.32 Å². The summed E-state index contributed by atoms with van der Waals surface area (Å²) in [7, 11) is 0. The second-order valence-corrected chi connectivity index (χ2v) is 4.69. The molecule has 1 saturated heterocycles. The number of nitrogens with zero attached hydrogens (tertiary/aromatic N) is 1. The Labute approximate surface area is 125 Å². The molecule has 0 amide bonds. The molecule has 8 heteroatoms. The zero-order chi connectivity index (χ0) is 14.7. The van der Waals surface area contributed by atoms with Crippen molar-refractivity contribution < 1.29 is 22.0 Å². The van der Waals surface area contributed by atoms with Gasteiger partial charge in [-0.25, -0.2) is 22.0 Å². The van der Waals surface area contributed by atoms with Gasteiger partial charge in [0.15, 0.2) is 11.6 Å². The number of alkyl halides is 2. The van der Waals surface area contributed by atoms with Crippen LogP contribution in [0.4, 0.5) is 22.0 Å². The minimum atomic E-state index is -2.73. The Morgan fingerprint density at radius 2 is 1.62 bits per heavy atom. The van der Waals surface area contributed by atoms with Crippen LogP contribution in [0.5, 0.6) is 0 Å². The summed E-state index contributed by atoms with van der Waals surface area (Å²) < 4.78 is 66.3. The van der Waals surface area contributed by atoms with Gasteiger partial charge in [-0.3, -0.25) is 4.90 Å². The van der Waals surface area contributed by atoms with Crippen molar-refractivity contribution in [3.05, 3.63) is 35.1 Å². The highest BCUT2D eigenvalue weighted by molar-refractivity contribution is 5.85. The number of hydrogen-bond acceptors (Lipinski definition) is 2. The van der Waals surface area contributed by atoms with Gasteiger partial charge >= 0.3 is 0 Å². The Balaban J connectivity index is 0.00000220. The summed E-state index contributed by atoms with van der Waals surface area (Å²) in [5.41, 5.74) is -0.604. The molecule has 0 spiro atoms.